The highest BCUT2D eigenvalue weighted by Gasteiger charge is 2.08. The smallest absolute Gasteiger partial charge is 0.224 e. The predicted octanol–water partition coefficient (Wildman–Crippen LogP) is 4.00. The zero-order valence-corrected chi connectivity index (χ0v) is 12.0. The second-order valence-corrected chi connectivity index (χ2v) is 6.41. The van der Waals surface area contributed by atoms with Crippen LogP contribution in [-0.2, 0) is 4.57 Å². The van der Waals surface area contributed by atoms with E-state index >= 15 is 0 Å². The molecule has 0 aliphatic heterocycles. The van der Waals surface area contributed by atoms with Gasteiger partial charge in [0.2, 0.25) is 6.03 Å². The summed E-state index contributed by atoms with van der Waals surface area (Å²) in [6.07, 6.45) is 12.8. The van der Waals surface area contributed by atoms with E-state index < -0.39 is 13.8 Å². The van der Waals surface area contributed by atoms with Gasteiger partial charge < -0.3 is 10.2 Å². The summed E-state index contributed by atoms with van der Waals surface area (Å²) in [5.41, 5.74) is 0. The molecule has 0 heterocycles. The van der Waals surface area contributed by atoms with Crippen LogP contribution in [-0.4, -0.2) is 22.4 Å². The molecule has 0 spiro atoms. The summed E-state index contributed by atoms with van der Waals surface area (Å²) in [4.78, 5) is 0. The summed E-state index contributed by atoms with van der Waals surface area (Å²) in [5.74, 6) is 0. The van der Waals surface area contributed by atoms with E-state index in [9.17, 15) is 4.57 Å². The summed E-state index contributed by atoms with van der Waals surface area (Å²) < 4.78 is 11.0. The molecular weight excluding hydrogens is 235 g/mol. The van der Waals surface area contributed by atoms with Gasteiger partial charge in [-0.05, 0) is 6.42 Å². The number of hydrogen-bond acceptors (Lipinski definition) is 3. The lowest BCUT2D eigenvalue weighted by atomic mass is 10.1. The Hall–Kier alpha value is 0.0200. The molecule has 0 saturated heterocycles. The molecule has 0 bridgehead atoms. The van der Waals surface area contributed by atoms with Crippen molar-refractivity contribution in [1.29, 1.82) is 0 Å². The van der Waals surface area contributed by atoms with E-state index in [0.717, 1.165) is 12.8 Å². The Balaban J connectivity index is 3.06. The fraction of sp³-hybridized carbons (Fsp3) is 1.00. The molecule has 0 saturated carbocycles. The number of aliphatic hydroxyl groups excluding tert-OH is 1. The van der Waals surface area contributed by atoms with Gasteiger partial charge in [0, 0.05) is 6.16 Å². The molecule has 3 nitrogen and oxygen atoms in total. The van der Waals surface area contributed by atoms with Crippen molar-refractivity contribution >= 4 is 7.80 Å². The number of unbranched alkanes of at least 4 members (excludes halogenated alkanes) is 9. The average molecular weight is 263 g/mol. The van der Waals surface area contributed by atoms with Gasteiger partial charge in [-0.25, -0.2) is 0 Å². The fourth-order valence-electron chi connectivity index (χ4n) is 1.87. The SMILES string of the molecule is CCCCCCCCCCCC[P](=O)C(O)O. The van der Waals surface area contributed by atoms with Crippen LogP contribution in [0, 0.1) is 0 Å². The van der Waals surface area contributed by atoms with Crippen LogP contribution in [0.3, 0.4) is 0 Å². The minimum absolute atomic E-state index is 0.448. The second-order valence-electron chi connectivity index (χ2n) is 4.67. The molecule has 103 valence electrons. The normalized spacial score (nSPS) is 12.1. The van der Waals surface area contributed by atoms with Crippen LogP contribution in [0.5, 0.6) is 0 Å². The Morgan fingerprint density at radius 2 is 1.24 bits per heavy atom. The van der Waals surface area contributed by atoms with Gasteiger partial charge in [0.1, 0.15) is 7.80 Å². The third kappa shape index (κ3) is 12.3. The molecule has 0 aliphatic carbocycles. The lowest BCUT2D eigenvalue weighted by Crippen LogP contribution is -1.99. The average Bonchev–Trinajstić information content (AvgIpc) is 2.31. The topological polar surface area (TPSA) is 57.5 Å². The molecule has 2 N–H and O–H groups in total. The molecular formula is C13H28O3P. The molecule has 0 aromatic rings. The fourth-order valence-corrected chi connectivity index (χ4v) is 2.64. The van der Waals surface area contributed by atoms with E-state index in [1.54, 1.807) is 0 Å². The van der Waals surface area contributed by atoms with Gasteiger partial charge in [-0.1, -0.05) is 64.7 Å². The molecule has 1 radical (unpaired) electrons. The molecule has 4 heteroatoms. The van der Waals surface area contributed by atoms with Crippen molar-refractivity contribution < 1.29 is 14.8 Å². The lowest BCUT2D eigenvalue weighted by Gasteiger charge is -2.03. The second kappa shape index (κ2) is 12.5. The first kappa shape index (κ1) is 17.0. The molecule has 0 fully saturated rings. The number of rotatable bonds is 12. The van der Waals surface area contributed by atoms with Gasteiger partial charge >= 0.3 is 0 Å². The standard InChI is InChI=1S/C13H28O3P/c1-2-3-4-5-6-7-8-9-10-11-12-17(16)13(14)15/h13-15H,2-12H2,1H3. The minimum Gasteiger partial charge on any atom is -0.359 e. The molecule has 17 heavy (non-hydrogen) atoms. The first-order valence-electron chi connectivity index (χ1n) is 6.98. The lowest BCUT2D eigenvalue weighted by molar-refractivity contribution is 0.0320. The van der Waals surface area contributed by atoms with Crippen molar-refractivity contribution in [3.05, 3.63) is 0 Å². The Morgan fingerprint density at radius 1 is 0.824 bits per heavy atom. The van der Waals surface area contributed by atoms with E-state index in [2.05, 4.69) is 6.92 Å². The van der Waals surface area contributed by atoms with Crippen molar-refractivity contribution in [2.75, 3.05) is 6.16 Å². The molecule has 1 atom stereocenters. The maximum Gasteiger partial charge on any atom is 0.224 e. The quantitative estimate of drug-likeness (QED) is 0.318. The zero-order chi connectivity index (χ0) is 12.9. The van der Waals surface area contributed by atoms with E-state index in [1.807, 2.05) is 0 Å². The Bertz CT molecular complexity index is 184. The molecule has 0 aromatic heterocycles. The van der Waals surface area contributed by atoms with Gasteiger partial charge in [-0.15, -0.1) is 0 Å². The van der Waals surface area contributed by atoms with Crippen LogP contribution in [0.25, 0.3) is 0 Å². The van der Waals surface area contributed by atoms with E-state index in [4.69, 9.17) is 10.2 Å². The first-order chi connectivity index (χ1) is 8.18. The molecule has 0 rings (SSSR count). The highest BCUT2D eigenvalue weighted by atomic mass is 31.1. The maximum absolute atomic E-state index is 11.0. The van der Waals surface area contributed by atoms with Gasteiger partial charge in [0.25, 0.3) is 0 Å². The minimum atomic E-state index is -1.81. The molecule has 0 aliphatic rings. The van der Waals surface area contributed by atoms with Crippen LogP contribution in [0.15, 0.2) is 0 Å². The summed E-state index contributed by atoms with van der Waals surface area (Å²) in [7, 11) is -1.81. The van der Waals surface area contributed by atoms with Crippen LogP contribution in [0.4, 0.5) is 0 Å². The van der Waals surface area contributed by atoms with Crippen LogP contribution < -0.4 is 0 Å². The Morgan fingerprint density at radius 3 is 1.65 bits per heavy atom. The summed E-state index contributed by atoms with van der Waals surface area (Å²) >= 11 is 0. The predicted molar refractivity (Wildman–Crippen MR) is 72.5 cm³/mol. The van der Waals surface area contributed by atoms with Gasteiger partial charge in [0.15, 0.2) is 0 Å². The zero-order valence-electron chi connectivity index (χ0n) is 11.1. The molecule has 0 amide bonds. The Labute approximate surface area is 106 Å². The van der Waals surface area contributed by atoms with E-state index in [1.165, 1.54) is 51.4 Å². The van der Waals surface area contributed by atoms with E-state index in [0.29, 0.717) is 6.16 Å². The first-order valence-corrected chi connectivity index (χ1v) is 8.49. The monoisotopic (exact) mass is 263 g/mol. The van der Waals surface area contributed by atoms with Crippen LogP contribution in [0.2, 0.25) is 0 Å². The van der Waals surface area contributed by atoms with Gasteiger partial charge in [-0.2, -0.15) is 0 Å². The van der Waals surface area contributed by atoms with Crippen LogP contribution >= 0.6 is 7.80 Å². The van der Waals surface area contributed by atoms with Crippen molar-refractivity contribution in [2.45, 2.75) is 77.2 Å². The maximum atomic E-state index is 11.0. The molecule has 0 aromatic carbocycles. The van der Waals surface area contributed by atoms with Crippen molar-refractivity contribution in [2.24, 2.45) is 0 Å². The highest BCUT2D eigenvalue weighted by molar-refractivity contribution is 7.44. The molecule has 1 unspecified atom stereocenters. The van der Waals surface area contributed by atoms with Crippen LogP contribution in [0.1, 0.15) is 71.1 Å². The summed E-state index contributed by atoms with van der Waals surface area (Å²) in [6, 6.07) is -1.62. The van der Waals surface area contributed by atoms with Crippen molar-refractivity contribution in [3.63, 3.8) is 0 Å². The van der Waals surface area contributed by atoms with E-state index in [-0.39, 0.29) is 0 Å². The summed E-state index contributed by atoms with van der Waals surface area (Å²) in [6.45, 7) is 2.23. The number of hydrogen-bond donors (Lipinski definition) is 2. The highest BCUT2D eigenvalue weighted by Crippen LogP contribution is 2.26. The Kier molecular flexibility index (Phi) is 12.5. The third-order valence-corrected chi connectivity index (χ3v) is 4.26. The summed E-state index contributed by atoms with van der Waals surface area (Å²) in [5, 5.41) is 17.3. The number of aliphatic hydroxyl groups is 2. The van der Waals surface area contributed by atoms with Gasteiger partial charge in [-0.3, -0.25) is 4.57 Å². The van der Waals surface area contributed by atoms with Crippen molar-refractivity contribution in [3.8, 4) is 0 Å². The van der Waals surface area contributed by atoms with Gasteiger partial charge in [0.05, 0.1) is 0 Å². The largest absolute Gasteiger partial charge is 0.359 e. The third-order valence-electron chi connectivity index (χ3n) is 2.99. The van der Waals surface area contributed by atoms with Crippen molar-refractivity contribution in [1.82, 2.24) is 0 Å².